The average Bonchev–Trinajstić information content (AvgIpc) is 3.15. The highest BCUT2D eigenvalue weighted by Crippen LogP contribution is 2.29. The molecule has 1 amide bonds. The number of anilines is 1. The molecule has 0 atom stereocenters. The molecule has 10 heteroatoms. The minimum atomic E-state index is -0.245. The van der Waals surface area contributed by atoms with Crippen molar-refractivity contribution in [1.82, 2.24) is 24.7 Å². The van der Waals surface area contributed by atoms with Crippen LogP contribution in [0.25, 0.3) is 11.5 Å². The number of hydrogen-bond acceptors (Lipinski definition) is 8. The van der Waals surface area contributed by atoms with Gasteiger partial charge in [-0.15, -0.1) is 16.8 Å². The number of benzene rings is 1. The van der Waals surface area contributed by atoms with Gasteiger partial charge in [0.15, 0.2) is 23.4 Å². The van der Waals surface area contributed by atoms with Gasteiger partial charge in [0.25, 0.3) is 5.91 Å². The lowest BCUT2D eigenvalue weighted by molar-refractivity contribution is -0.118. The minimum absolute atomic E-state index is 0.0246. The van der Waals surface area contributed by atoms with Crippen LogP contribution in [0.1, 0.15) is 10.4 Å². The summed E-state index contributed by atoms with van der Waals surface area (Å²) in [6, 6.07) is 4.98. The molecule has 29 heavy (non-hydrogen) atoms. The number of allylic oxidation sites excluding steroid dienone is 1. The predicted octanol–water partition coefficient (Wildman–Crippen LogP) is 2.23. The molecule has 3 heterocycles. The molecule has 1 aliphatic heterocycles. The van der Waals surface area contributed by atoms with E-state index in [9.17, 15) is 9.59 Å². The largest absolute Gasteiger partial charge is 0.482 e. The van der Waals surface area contributed by atoms with Crippen LogP contribution < -0.4 is 10.1 Å². The van der Waals surface area contributed by atoms with Gasteiger partial charge in [0.2, 0.25) is 0 Å². The summed E-state index contributed by atoms with van der Waals surface area (Å²) in [5.41, 5.74) is 1.56. The molecule has 2 aromatic heterocycles. The maximum absolute atomic E-state index is 12.7. The number of carbonyl (C=O) groups excluding carboxylic acids is 2. The third-order valence-electron chi connectivity index (χ3n) is 4.09. The Bertz CT molecular complexity index is 1080. The summed E-state index contributed by atoms with van der Waals surface area (Å²) in [5.74, 6) is 0.913. The van der Waals surface area contributed by atoms with E-state index in [4.69, 9.17) is 4.74 Å². The van der Waals surface area contributed by atoms with Gasteiger partial charge < -0.3 is 10.1 Å². The Hall–Kier alpha value is -3.53. The Kier molecular flexibility index (Phi) is 5.34. The second-order valence-corrected chi connectivity index (χ2v) is 7.00. The van der Waals surface area contributed by atoms with Crippen molar-refractivity contribution in [3.8, 4) is 17.3 Å². The lowest BCUT2D eigenvalue weighted by Crippen LogP contribution is -2.25. The van der Waals surface area contributed by atoms with Crippen LogP contribution in [0.3, 0.4) is 0 Å². The number of nitrogens with zero attached hydrogens (tertiary/aromatic N) is 5. The number of Topliss-reactive ketones (excluding diaryl/α,β-unsaturated/α-hetero) is 1. The van der Waals surface area contributed by atoms with Crippen molar-refractivity contribution in [3.63, 3.8) is 0 Å². The van der Waals surface area contributed by atoms with E-state index in [1.807, 2.05) is 4.57 Å². The number of aromatic nitrogens is 5. The SMILES string of the molecule is C=CCn1c(SCC(=O)c2ccc3c(c2)NC(=O)CO3)nnc1-c1cnccn1. The molecule has 0 unspecified atom stereocenters. The van der Waals surface area contributed by atoms with Crippen LogP contribution in [0.4, 0.5) is 5.69 Å². The smallest absolute Gasteiger partial charge is 0.262 e. The fourth-order valence-electron chi connectivity index (χ4n) is 2.76. The molecule has 9 nitrogen and oxygen atoms in total. The lowest BCUT2D eigenvalue weighted by atomic mass is 10.1. The molecule has 4 rings (SSSR count). The van der Waals surface area contributed by atoms with Gasteiger partial charge in [0.05, 0.1) is 17.6 Å². The third-order valence-corrected chi connectivity index (χ3v) is 5.05. The number of thioether (sulfide) groups is 1. The molecular formula is C19H16N6O3S. The monoisotopic (exact) mass is 408 g/mol. The second-order valence-electron chi connectivity index (χ2n) is 6.06. The maximum atomic E-state index is 12.7. The highest BCUT2D eigenvalue weighted by Gasteiger charge is 2.19. The fourth-order valence-corrected chi connectivity index (χ4v) is 3.61. The van der Waals surface area contributed by atoms with E-state index in [-0.39, 0.29) is 24.1 Å². The number of amides is 1. The number of carbonyl (C=O) groups is 2. The first-order valence-corrected chi connectivity index (χ1v) is 9.67. The van der Waals surface area contributed by atoms with Gasteiger partial charge in [-0.3, -0.25) is 19.1 Å². The van der Waals surface area contributed by atoms with Crippen LogP contribution in [-0.2, 0) is 11.3 Å². The number of ketones is 1. The zero-order valence-corrected chi connectivity index (χ0v) is 16.1. The van der Waals surface area contributed by atoms with E-state index < -0.39 is 0 Å². The second kappa shape index (κ2) is 8.23. The Morgan fingerprint density at radius 3 is 3.03 bits per heavy atom. The van der Waals surface area contributed by atoms with Crippen molar-refractivity contribution >= 4 is 29.1 Å². The van der Waals surface area contributed by atoms with Crippen molar-refractivity contribution in [1.29, 1.82) is 0 Å². The van der Waals surface area contributed by atoms with Crippen molar-refractivity contribution < 1.29 is 14.3 Å². The average molecular weight is 408 g/mol. The quantitative estimate of drug-likeness (QED) is 0.360. The fraction of sp³-hybridized carbons (Fsp3) is 0.158. The van der Waals surface area contributed by atoms with Crippen LogP contribution in [-0.4, -0.2) is 48.8 Å². The molecule has 146 valence electrons. The number of hydrogen-bond donors (Lipinski definition) is 1. The summed E-state index contributed by atoms with van der Waals surface area (Å²) in [7, 11) is 0. The summed E-state index contributed by atoms with van der Waals surface area (Å²) in [6.07, 6.45) is 6.49. The van der Waals surface area contributed by atoms with Gasteiger partial charge in [0, 0.05) is 24.5 Å². The van der Waals surface area contributed by atoms with E-state index in [1.165, 1.54) is 11.8 Å². The molecule has 0 bridgehead atoms. The Balaban J connectivity index is 1.51. The molecule has 0 spiro atoms. The molecule has 0 aliphatic carbocycles. The number of rotatable bonds is 7. The summed E-state index contributed by atoms with van der Waals surface area (Å²) in [5, 5.41) is 11.7. The van der Waals surface area contributed by atoms with Crippen LogP contribution >= 0.6 is 11.8 Å². The van der Waals surface area contributed by atoms with Crippen LogP contribution in [0.15, 0.2) is 54.6 Å². The van der Waals surface area contributed by atoms with Gasteiger partial charge in [-0.1, -0.05) is 17.8 Å². The van der Waals surface area contributed by atoms with E-state index in [0.29, 0.717) is 40.2 Å². The van der Waals surface area contributed by atoms with E-state index in [0.717, 1.165) is 0 Å². The Morgan fingerprint density at radius 1 is 1.34 bits per heavy atom. The molecule has 0 radical (unpaired) electrons. The van der Waals surface area contributed by atoms with Gasteiger partial charge in [0.1, 0.15) is 11.4 Å². The van der Waals surface area contributed by atoms with Crippen molar-refractivity contribution in [2.45, 2.75) is 11.7 Å². The number of nitrogens with one attached hydrogen (secondary N) is 1. The normalized spacial score (nSPS) is 12.6. The zero-order valence-electron chi connectivity index (χ0n) is 15.2. The Labute approximate surface area is 170 Å². The lowest BCUT2D eigenvalue weighted by Gasteiger charge is -2.18. The maximum Gasteiger partial charge on any atom is 0.262 e. The molecule has 0 saturated carbocycles. The van der Waals surface area contributed by atoms with Crippen molar-refractivity contribution in [3.05, 3.63) is 55.0 Å². The highest BCUT2D eigenvalue weighted by atomic mass is 32.2. The summed E-state index contributed by atoms with van der Waals surface area (Å²) < 4.78 is 7.15. The summed E-state index contributed by atoms with van der Waals surface area (Å²) in [6.45, 7) is 4.21. The molecule has 0 fully saturated rings. The van der Waals surface area contributed by atoms with Gasteiger partial charge >= 0.3 is 0 Å². The molecule has 0 saturated heterocycles. The zero-order chi connectivity index (χ0) is 20.2. The minimum Gasteiger partial charge on any atom is -0.482 e. The van der Waals surface area contributed by atoms with E-state index >= 15 is 0 Å². The van der Waals surface area contributed by atoms with Crippen molar-refractivity contribution in [2.24, 2.45) is 0 Å². The van der Waals surface area contributed by atoms with E-state index in [1.54, 1.807) is 42.9 Å². The summed E-state index contributed by atoms with van der Waals surface area (Å²) >= 11 is 1.27. The number of ether oxygens (including phenoxy) is 1. The predicted molar refractivity (Wildman–Crippen MR) is 107 cm³/mol. The first kappa shape index (κ1) is 18.8. The molecule has 1 N–H and O–H groups in total. The number of fused-ring (bicyclic) bond motifs is 1. The summed E-state index contributed by atoms with van der Waals surface area (Å²) in [4.78, 5) is 32.4. The molecular weight excluding hydrogens is 392 g/mol. The molecule has 1 aromatic carbocycles. The van der Waals surface area contributed by atoms with Gasteiger partial charge in [-0.25, -0.2) is 4.98 Å². The van der Waals surface area contributed by atoms with Crippen LogP contribution in [0.2, 0.25) is 0 Å². The standard InChI is InChI=1S/C19H16N6O3S/c1-2-7-25-18(14-9-20-5-6-21-14)23-24-19(25)29-11-15(26)12-3-4-16-13(8-12)22-17(27)10-28-16/h2-6,8-9H,1,7,10-11H2,(H,22,27). The highest BCUT2D eigenvalue weighted by molar-refractivity contribution is 7.99. The van der Waals surface area contributed by atoms with Crippen LogP contribution in [0, 0.1) is 0 Å². The first-order chi connectivity index (χ1) is 14.2. The van der Waals surface area contributed by atoms with E-state index in [2.05, 4.69) is 32.1 Å². The third kappa shape index (κ3) is 4.02. The van der Waals surface area contributed by atoms with Gasteiger partial charge in [-0.05, 0) is 18.2 Å². The van der Waals surface area contributed by atoms with Gasteiger partial charge in [-0.2, -0.15) is 0 Å². The van der Waals surface area contributed by atoms with Crippen LogP contribution in [0.5, 0.6) is 5.75 Å². The Morgan fingerprint density at radius 2 is 2.24 bits per heavy atom. The molecule has 3 aromatic rings. The first-order valence-electron chi connectivity index (χ1n) is 8.69. The topological polar surface area (TPSA) is 112 Å². The molecule has 1 aliphatic rings. The van der Waals surface area contributed by atoms with Crippen molar-refractivity contribution in [2.75, 3.05) is 17.7 Å².